The second-order valence-corrected chi connectivity index (χ2v) is 10.4. The molecule has 1 aromatic rings. The number of carbonyl (C=O) groups is 4. The van der Waals surface area contributed by atoms with Crippen LogP contribution in [0.4, 0.5) is 5.69 Å². The molecule has 1 heterocycles. The fraction of sp³-hybridized carbons (Fsp3) is 0.500. The fourth-order valence-electron chi connectivity index (χ4n) is 4.85. The summed E-state index contributed by atoms with van der Waals surface area (Å²) in [5, 5.41) is 2.95. The summed E-state index contributed by atoms with van der Waals surface area (Å²) in [6.07, 6.45) is 0.810. The molecule has 0 radical (unpaired) electrons. The highest BCUT2D eigenvalue weighted by Gasteiger charge is 2.66. The van der Waals surface area contributed by atoms with Crippen molar-refractivity contribution in [3.8, 4) is 5.75 Å². The monoisotopic (exact) mass is 576 g/mol. The lowest BCUT2D eigenvalue weighted by molar-refractivity contribution is -0.154. The number of hydrogen-bond acceptors (Lipinski definition) is 6. The number of imide groups is 1. The number of fused-ring (bicyclic) bond motifs is 5. The zero-order valence-electron chi connectivity index (χ0n) is 16.3. The van der Waals surface area contributed by atoms with Gasteiger partial charge < -0.3 is 14.8 Å². The SMILES string of the molecule is COc1ccc(Cl)cc1NC(=O)COC(=O)CN1C(=O)[C@@H]2[C@H]3C[C@@H]([C@H](Br)[C@H]3Br)[C@@H]2C1=O. The Morgan fingerprint density at radius 3 is 2.35 bits per heavy atom. The third kappa shape index (κ3) is 3.98. The van der Waals surface area contributed by atoms with E-state index >= 15 is 0 Å². The van der Waals surface area contributed by atoms with Crippen LogP contribution < -0.4 is 10.1 Å². The number of amides is 3. The Hall–Kier alpha value is -1.65. The van der Waals surface area contributed by atoms with Crippen LogP contribution in [0.5, 0.6) is 5.75 Å². The summed E-state index contributed by atoms with van der Waals surface area (Å²) in [5.74, 6) is -2.38. The van der Waals surface area contributed by atoms with Crippen LogP contribution >= 0.6 is 43.5 Å². The summed E-state index contributed by atoms with van der Waals surface area (Å²) in [7, 11) is 1.44. The second kappa shape index (κ2) is 8.71. The number of halogens is 3. The van der Waals surface area contributed by atoms with E-state index in [0.717, 1.165) is 11.3 Å². The first kappa shape index (κ1) is 22.5. The van der Waals surface area contributed by atoms with Gasteiger partial charge in [0.25, 0.3) is 5.91 Å². The predicted octanol–water partition coefficient (Wildman–Crippen LogP) is 2.61. The largest absolute Gasteiger partial charge is 0.495 e. The summed E-state index contributed by atoms with van der Waals surface area (Å²) in [4.78, 5) is 51.2. The van der Waals surface area contributed by atoms with Gasteiger partial charge in [-0.1, -0.05) is 43.5 Å². The van der Waals surface area contributed by atoms with E-state index in [1.165, 1.54) is 13.2 Å². The van der Waals surface area contributed by atoms with Crippen molar-refractivity contribution in [2.75, 3.05) is 25.6 Å². The molecule has 1 aromatic carbocycles. The van der Waals surface area contributed by atoms with Crippen molar-refractivity contribution in [2.24, 2.45) is 23.7 Å². The number of nitrogens with zero attached hydrogens (tertiary/aromatic N) is 1. The van der Waals surface area contributed by atoms with Crippen LogP contribution in [0, 0.1) is 23.7 Å². The van der Waals surface area contributed by atoms with E-state index in [9.17, 15) is 19.2 Å². The average molecular weight is 579 g/mol. The lowest BCUT2D eigenvalue weighted by atomic mass is 9.81. The van der Waals surface area contributed by atoms with E-state index in [0.29, 0.717) is 16.5 Å². The molecule has 4 rings (SSSR count). The summed E-state index contributed by atoms with van der Waals surface area (Å²) in [5.41, 5.74) is 0.331. The van der Waals surface area contributed by atoms with Gasteiger partial charge in [0.2, 0.25) is 11.8 Å². The van der Waals surface area contributed by atoms with Crippen molar-refractivity contribution in [3.05, 3.63) is 23.2 Å². The van der Waals surface area contributed by atoms with E-state index in [2.05, 4.69) is 37.2 Å². The lowest BCUT2D eigenvalue weighted by Crippen LogP contribution is -2.38. The minimum Gasteiger partial charge on any atom is -0.495 e. The smallest absolute Gasteiger partial charge is 0.326 e. The van der Waals surface area contributed by atoms with Crippen LogP contribution in [-0.4, -0.2) is 58.5 Å². The molecular formula is C20H19Br2ClN2O6. The van der Waals surface area contributed by atoms with Crippen molar-refractivity contribution >= 4 is 72.8 Å². The first-order chi connectivity index (χ1) is 14.7. The zero-order chi connectivity index (χ0) is 22.4. The number of ether oxygens (including phenoxy) is 2. The Labute approximate surface area is 200 Å². The second-order valence-electron chi connectivity index (χ2n) is 7.82. The predicted molar refractivity (Wildman–Crippen MR) is 118 cm³/mol. The van der Waals surface area contributed by atoms with Gasteiger partial charge in [-0.2, -0.15) is 0 Å². The maximum Gasteiger partial charge on any atom is 0.326 e. The Balaban J connectivity index is 1.33. The average Bonchev–Trinajstić information content (AvgIpc) is 3.33. The third-order valence-corrected chi connectivity index (χ3v) is 9.61. The van der Waals surface area contributed by atoms with E-state index in [1.54, 1.807) is 12.1 Å². The Bertz CT molecular complexity index is 928. The number of benzene rings is 1. The van der Waals surface area contributed by atoms with Crippen LogP contribution in [0.2, 0.25) is 5.02 Å². The molecule has 2 aliphatic carbocycles. The first-order valence-electron chi connectivity index (χ1n) is 9.65. The Morgan fingerprint density at radius 2 is 1.77 bits per heavy atom. The highest BCUT2D eigenvalue weighted by Crippen LogP contribution is 2.60. The molecule has 3 aliphatic rings. The molecule has 6 atom stereocenters. The maximum absolute atomic E-state index is 12.8. The van der Waals surface area contributed by atoms with Gasteiger partial charge in [-0.25, -0.2) is 0 Å². The number of nitrogens with one attached hydrogen (secondary N) is 1. The first-order valence-corrected chi connectivity index (χ1v) is 11.9. The van der Waals surface area contributed by atoms with Crippen molar-refractivity contribution < 1.29 is 28.7 Å². The molecule has 2 bridgehead atoms. The molecule has 166 valence electrons. The van der Waals surface area contributed by atoms with Crippen molar-refractivity contribution in [1.82, 2.24) is 4.90 Å². The fourth-order valence-corrected chi connectivity index (χ4v) is 6.90. The highest BCUT2D eigenvalue weighted by molar-refractivity contribution is 9.12. The standard InChI is InChI=1S/C20H19Br2ClN2O6/c1-30-12-3-2-8(23)4-11(12)24-13(26)7-31-14(27)6-25-19(28)15-9-5-10(16(15)20(25)29)18(22)17(9)21/h2-4,9-10,15-18H,5-7H2,1H3,(H,24,26)/t9-,10-,15-,16+,17+,18+/m1/s1. The van der Waals surface area contributed by atoms with Gasteiger partial charge in [0, 0.05) is 14.7 Å². The highest BCUT2D eigenvalue weighted by atomic mass is 79.9. The molecule has 31 heavy (non-hydrogen) atoms. The number of carbonyl (C=O) groups excluding carboxylic acids is 4. The maximum atomic E-state index is 12.8. The van der Waals surface area contributed by atoms with E-state index < -0.39 is 36.9 Å². The summed E-state index contributed by atoms with van der Waals surface area (Å²) >= 11 is 13.2. The van der Waals surface area contributed by atoms with E-state index in [1.807, 2.05) is 0 Å². The number of alkyl halides is 2. The number of anilines is 1. The molecule has 0 spiro atoms. The van der Waals surface area contributed by atoms with Crippen molar-refractivity contribution in [1.29, 1.82) is 0 Å². The minimum absolute atomic E-state index is 0.0651. The van der Waals surface area contributed by atoms with Gasteiger partial charge in [0.1, 0.15) is 12.3 Å². The number of likely N-dealkylation sites (tertiary alicyclic amines) is 1. The molecule has 1 saturated heterocycles. The summed E-state index contributed by atoms with van der Waals surface area (Å²) in [6, 6.07) is 4.70. The zero-order valence-corrected chi connectivity index (χ0v) is 20.3. The van der Waals surface area contributed by atoms with Crippen molar-refractivity contribution in [2.45, 2.75) is 16.1 Å². The van der Waals surface area contributed by atoms with Crippen LogP contribution in [0.1, 0.15) is 6.42 Å². The van der Waals surface area contributed by atoms with Gasteiger partial charge in [-0.05, 0) is 36.5 Å². The summed E-state index contributed by atoms with van der Waals surface area (Å²) in [6.45, 7) is -1.08. The van der Waals surface area contributed by atoms with Crippen LogP contribution in [0.25, 0.3) is 0 Å². The molecule has 0 unspecified atom stereocenters. The molecular weight excluding hydrogens is 559 g/mol. The van der Waals surface area contributed by atoms with Gasteiger partial charge in [0.05, 0.1) is 24.6 Å². The van der Waals surface area contributed by atoms with Gasteiger partial charge in [0.15, 0.2) is 6.61 Å². The van der Waals surface area contributed by atoms with Crippen LogP contribution in [0.15, 0.2) is 18.2 Å². The molecule has 11 heteroatoms. The molecule has 3 amide bonds. The quantitative estimate of drug-likeness (QED) is 0.317. The number of rotatable bonds is 6. The molecule has 1 aliphatic heterocycles. The van der Waals surface area contributed by atoms with E-state index in [-0.39, 0.29) is 33.3 Å². The molecule has 1 N–H and O–H groups in total. The van der Waals surface area contributed by atoms with Crippen LogP contribution in [-0.2, 0) is 23.9 Å². The van der Waals surface area contributed by atoms with Gasteiger partial charge in [-0.3, -0.25) is 24.1 Å². The lowest BCUT2D eigenvalue weighted by Gasteiger charge is -2.28. The Morgan fingerprint density at radius 1 is 1.16 bits per heavy atom. The Kier molecular flexibility index (Phi) is 6.33. The molecule has 8 nitrogen and oxygen atoms in total. The van der Waals surface area contributed by atoms with Crippen LogP contribution in [0.3, 0.4) is 0 Å². The molecule has 2 saturated carbocycles. The normalized spacial score (nSPS) is 31.0. The molecule has 3 fully saturated rings. The third-order valence-electron chi connectivity index (χ3n) is 6.17. The minimum atomic E-state index is -0.826. The van der Waals surface area contributed by atoms with E-state index in [4.69, 9.17) is 21.1 Å². The van der Waals surface area contributed by atoms with Gasteiger partial charge >= 0.3 is 5.97 Å². The summed E-state index contributed by atoms with van der Waals surface area (Å²) < 4.78 is 10.1. The molecule has 0 aromatic heterocycles. The number of esters is 1. The van der Waals surface area contributed by atoms with Gasteiger partial charge in [-0.15, -0.1) is 0 Å². The number of methoxy groups -OCH3 is 1. The topological polar surface area (TPSA) is 102 Å². The van der Waals surface area contributed by atoms with Crippen molar-refractivity contribution in [3.63, 3.8) is 0 Å². The number of hydrogen-bond donors (Lipinski definition) is 1.